The standard InChI is InChI=1S/C9H16N4/c1-3-5-12-8-11-13(6-4-2)9(12)7-10/h8-9H,3-6H2,1-2H3. The second-order valence-electron chi connectivity index (χ2n) is 3.13. The van der Waals surface area contributed by atoms with Crippen LogP contribution < -0.4 is 0 Å². The summed E-state index contributed by atoms with van der Waals surface area (Å²) in [6.45, 7) is 5.95. The van der Waals surface area contributed by atoms with Crippen LogP contribution in [0, 0.1) is 11.3 Å². The fourth-order valence-corrected chi connectivity index (χ4v) is 1.42. The molecule has 0 saturated heterocycles. The van der Waals surface area contributed by atoms with Crippen molar-refractivity contribution in [2.75, 3.05) is 13.1 Å². The van der Waals surface area contributed by atoms with Gasteiger partial charge < -0.3 is 4.90 Å². The number of rotatable bonds is 4. The zero-order chi connectivity index (χ0) is 9.68. The van der Waals surface area contributed by atoms with Gasteiger partial charge in [-0.3, -0.25) is 5.01 Å². The maximum Gasteiger partial charge on any atom is 0.207 e. The Balaban J connectivity index is 2.54. The molecule has 0 radical (unpaired) electrons. The van der Waals surface area contributed by atoms with Crippen LogP contribution in [0.2, 0.25) is 0 Å². The molecule has 1 heterocycles. The van der Waals surface area contributed by atoms with Gasteiger partial charge in [-0.1, -0.05) is 13.8 Å². The molecule has 72 valence electrons. The average molecular weight is 180 g/mol. The molecule has 1 atom stereocenters. The van der Waals surface area contributed by atoms with Crippen LogP contribution in [0.15, 0.2) is 5.10 Å². The highest BCUT2D eigenvalue weighted by atomic mass is 15.6. The Hall–Kier alpha value is -1.24. The molecule has 0 fully saturated rings. The third-order valence-corrected chi connectivity index (χ3v) is 1.99. The SMILES string of the molecule is CCCN1C=NN(CCC)C1C#N. The Morgan fingerprint density at radius 1 is 1.38 bits per heavy atom. The molecule has 0 saturated carbocycles. The minimum absolute atomic E-state index is 0.181. The minimum atomic E-state index is -0.181. The van der Waals surface area contributed by atoms with Gasteiger partial charge in [-0.05, 0) is 12.8 Å². The first kappa shape index (κ1) is 9.85. The molecule has 1 aliphatic heterocycles. The van der Waals surface area contributed by atoms with E-state index < -0.39 is 0 Å². The average Bonchev–Trinajstić information content (AvgIpc) is 2.49. The van der Waals surface area contributed by atoms with E-state index in [1.807, 2.05) is 9.91 Å². The fraction of sp³-hybridized carbons (Fsp3) is 0.778. The normalized spacial score (nSPS) is 20.8. The van der Waals surface area contributed by atoms with Crippen LogP contribution >= 0.6 is 0 Å². The summed E-state index contributed by atoms with van der Waals surface area (Å²) in [6, 6.07) is 2.26. The maximum absolute atomic E-state index is 8.95. The van der Waals surface area contributed by atoms with E-state index in [9.17, 15) is 0 Å². The molecule has 0 aromatic heterocycles. The van der Waals surface area contributed by atoms with Crippen molar-refractivity contribution >= 4 is 6.34 Å². The van der Waals surface area contributed by atoms with Crippen molar-refractivity contribution in [2.24, 2.45) is 5.10 Å². The maximum atomic E-state index is 8.95. The van der Waals surface area contributed by atoms with Crippen molar-refractivity contribution in [3.05, 3.63) is 0 Å². The lowest BCUT2D eigenvalue weighted by molar-refractivity contribution is 0.177. The monoisotopic (exact) mass is 180 g/mol. The highest BCUT2D eigenvalue weighted by Gasteiger charge is 2.25. The molecule has 0 N–H and O–H groups in total. The van der Waals surface area contributed by atoms with Crippen molar-refractivity contribution in [2.45, 2.75) is 32.9 Å². The quantitative estimate of drug-likeness (QED) is 0.653. The van der Waals surface area contributed by atoms with Crippen LogP contribution in [-0.2, 0) is 0 Å². The lowest BCUT2D eigenvalue weighted by Crippen LogP contribution is -2.39. The van der Waals surface area contributed by atoms with Gasteiger partial charge in [0.15, 0.2) is 0 Å². The van der Waals surface area contributed by atoms with E-state index >= 15 is 0 Å². The summed E-state index contributed by atoms with van der Waals surface area (Å²) < 4.78 is 0. The van der Waals surface area contributed by atoms with Crippen molar-refractivity contribution in [1.29, 1.82) is 5.26 Å². The van der Waals surface area contributed by atoms with Crippen LogP contribution in [0.5, 0.6) is 0 Å². The lowest BCUT2D eigenvalue weighted by Gasteiger charge is -2.24. The van der Waals surface area contributed by atoms with Crippen LogP contribution in [0.25, 0.3) is 0 Å². The Bertz CT molecular complexity index is 202. The Labute approximate surface area is 79.4 Å². The van der Waals surface area contributed by atoms with Gasteiger partial charge in [-0.15, -0.1) is 0 Å². The molecule has 4 heteroatoms. The van der Waals surface area contributed by atoms with Crippen LogP contribution in [0.1, 0.15) is 26.7 Å². The first-order valence-corrected chi connectivity index (χ1v) is 4.79. The minimum Gasteiger partial charge on any atom is -0.328 e. The van der Waals surface area contributed by atoms with E-state index in [-0.39, 0.29) is 6.17 Å². The number of hydrazone groups is 1. The van der Waals surface area contributed by atoms with Crippen molar-refractivity contribution < 1.29 is 0 Å². The van der Waals surface area contributed by atoms with Crippen molar-refractivity contribution in [3.63, 3.8) is 0 Å². The largest absolute Gasteiger partial charge is 0.328 e. The number of hydrogen-bond donors (Lipinski definition) is 0. The van der Waals surface area contributed by atoms with E-state index in [4.69, 9.17) is 5.26 Å². The molecule has 0 aliphatic carbocycles. The molecule has 0 bridgehead atoms. The molecule has 0 aromatic rings. The molecular weight excluding hydrogens is 164 g/mol. The summed E-state index contributed by atoms with van der Waals surface area (Å²) in [7, 11) is 0. The summed E-state index contributed by atoms with van der Waals surface area (Å²) in [4.78, 5) is 1.98. The zero-order valence-electron chi connectivity index (χ0n) is 8.27. The Morgan fingerprint density at radius 3 is 2.62 bits per heavy atom. The third kappa shape index (κ3) is 2.11. The van der Waals surface area contributed by atoms with Gasteiger partial charge in [0.2, 0.25) is 6.17 Å². The van der Waals surface area contributed by atoms with Crippen LogP contribution in [-0.4, -0.2) is 35.5 Å². The molecule has 13 heavy (non-hydrogen) atoms. The third-order valence-electron chi connectivity index (χ3n) is 1.99. The predicted octanol–water partition coefficient (Wildman–Crippen LogP) is 1.22. The van der Waals surface area contributed by atoms with Gasteiger partial charge in [0.05, 0.1) is 0 Å². The van der Waals surface area contributed by atoms with Gasteiger partial charge in [-0.2, -0.15) is 10.4 Å². The van der Waals surface area contributed by atoms with Gasteiger partial charge in [0.1, 0.15) is 12.4 Å². The molecule has 0 spiro atoms. The molecule has 0 amide bonds. The second kappa shape index (κ2) is 4.70. The van der Waals surface area contributed by atoms with Crippen LogP contribution in [0.4, 0.5) is 0 Å². The first-order valence-electron chi connectivity index (χ1n) is 4.79. The zero-order valence-corrected chi connectivity index (χ0v) is 8.27. The van der Waals surface area contributed by atoms with E-state index in [0.29, 0.717) is 0 Å². The highest BCUT2D eigenvalue weighted by molar-refractivity contribution is 5.57. The number of nitrogens with zero attached hydrogens (tertiary/aromatic N) is 4. The van der Waals surface area contributed by atoms with Gasteiger partial charge in [0.25, 0.3) is 0 Å². The summed E-state index contributed by atoms with van der Waals surface area (Å²) in [5, 5.41) is 15.0. The predicted molar refractivity (Wildman–Crippen MR) is 51.9 cm³/mol. The molecule has 4 nitrogen and oxygen atoms in total. The highest BCUT2D eigenvalue weighted by Crippen LogP contribution is 2.12. The van der Waals surface area contributed by atoms with Crippen molar-refractivity contribution in [1.82, 2.24) is 9.91 Å². The van der Waals surface area contributed by atoms with E-state index in [2.05, 4.69) is 25.0 Å². The van der Waals surface area contributed by atoms with E-state index in [0.717, 1.165) is 25.9 Å². The summed E-state index contributed by atoms with van der Waals surface area (Å²) >= 11 is 0. The van der Waals surface area contributed by atoms with Gasteiger partial charge in [0, 0.05) is 13.1 Å². The molecule has 1 aliphatic rings. The van der Waals surface area contributed by atoms with Crippen LogP contribution in [0.3, 0.4) is 0 Å². The molecule has 1 rings (SSSR count). The van der Waals surface area contributed by atoms with Gasteiger partial charge >= 0.3 is 0 Å². The number of nitriles is 1. The fourth-order valence-electron chi connectivity index (χ4n) is 1.42. The van der Waals surface area contributed by atoms with Gasteiger partial charge in [-0.25, -0.2) is 0 Å². The molecule has 0 aromatic carbocycles. The smallest absolute Gasteiger partial charge is 0.207 e. The van der Waals surface area contributed by atoms with E-state index in [1.54, 1.807) is 6.34 Å². The molecule has 1 unspecified atom stereocenters. The van der Waals surface area contributed by atoms with Crippen molar-refractivity contribution in [3.8, 4) is 6.07 Å². The van der Waals surface area contributed by atoms with E-state index in [1.165, 1.54) is 0 Å². The first-order chi connectivity index (χ1) is 6.33. The summed E-state index contributed by atoms with van der Waals surface area (Å²) in [5.41, 5.74) is 0. The Kier molecular flexibility index (Phi) is 3.56. The Morgan fingerprint density at radius 2 is 2.08 bits per heavy atom. The second-order valence-corrected chi connectivity index (χ2v) is 3.13. The lowest BCUT2D eigenvalue weighted by atomic mass is 10.3. The topological polar surface area (TPSA) is 42.6 Å². The summed E-state index contributed by atoms with van der Waals surface area (Å²) in [6.07, 6.45) is 3.66. The summed E-state index contributed by atoms with van der Waals surface area (Å²) in [5.74, 6) is 0. The number of hydrogen-bond acceptors (Lipinski definition) is 4. The molecular formula is C9H16N4.